The lowest BCUT2D eigenvalue weighted by molar-refractivity contribution is 0.0955. The van der Waals surface area contributed by atoms with E-state index in [1.807, 2.05) is 41.8 Å². The van der Waals surface area contributed by atoms with Crippen molar-refractivity contribution in [1.82, 2.24) is 10.4 Å². The van der Waals surface area contributed by atoms with Crippen LogP contribution in [0, 0.1) is 0 Å². The van der Waals surface area contributed by atoms with Gasteiger partial charge in [-0.3, -0.25) is 4.79 Å². The molecule has 0 radical (unpaired) electrons. The molecule has 0 saturated carbocycles. The molecule has 0 spiro atoms. The molecule has 0 unspecified atom stereocenters. The number of hydrogen-bond donors (Lipinski definition) is 2. The van der Waals surface area contributed by atoms with Gasteiger partial charge >= 0.3 is 0 Å². The minimum atomic E-state index is -0.326. The van der Waals surface area contributed by atoms with E-state index in [0.29, 0.717) is 28.0 Å². The predicted molar refractivity (Wildman–Crippen MR) is 144 cm³/mol. The Morgan fingerprint density at radius 1 is 1.09 bits per heavy atom. The summed E-state index contributed by atoms with van der Waals surface area (Å²) in [5.41, 5.74) is 6.34. The zero-order valence-electron chi connectivity index (χ0n) is 18.4. The highest BCUT2D eigenvalue weighted by molar-refractivity contribution is 7.14. The second-order valence-electron chi connectivity index (χ2n) is 7.24. The largest absolute Gasteiger partial charge is 0.488 e. The number of hydrogen-bond acceptors (Lipinski definition) is 6. The highest BCUT2D eigenvalue weighted by Crippen LogP contribution is 2.28. The predicted octanol–water partition coefficient (Wildman–Crippen LogP) is 7.19. The molecule has 6 nitrogen and oxygen atoms in total. The molecule has 0 fully saturated rings. The highest BCUT2D eigenvalue weighted by atomic mass is 35.5. The number of hydrazone groups is 1. The Kier molecular flexibility index (Phi) is 8.15. The van der Waals surface area contributed by atoms with E-state index in [1.165, 1.54) is 17.6 Å². The smallest absolute Gasteiger partial charge is 0.271 e. The van der Waals surface area contributed by atoms with Gasteiger partial charge in [-0.15, -0.1) is 11.3 Å². The maximum atomic E-state index is 12.4. The number of ether oxygens (including phenoxy) is 1. The van der Waals surface area contributed by atoms with Crippen molar-refractivity contribution in [3.63, 3.8) is 0 Å². The normalized spacial score (nSPS) is 10.8. The van der Waals surface area contributed by atoms with Gasteiger partial charge in [-0.05, 0) is 60.2 Å². The van der Waals surface area contributed by atoms with E-state index in [1.54, 1.807) is 36.4 Å². The first kappa shape index (κ1) is 24.5. The molecule has 4 aromatic rings. The zero-order chi connectivity index (χ0) is 24.6. The Morgan fingerprint density at radius 3 is 2.57 bits per heavy atom. The fraction of sp³-hybridized carbons (Fsp3) is 0.0385. The molecule has 4 rings (SSSR count). The third-order valence-electron chi connectivity index (χ3n) is 4.73. The molecular formula is C26H20Cl2N4O2S. The Morgan fingerprint density at radius 2 is 1.86 bits per heavy atom. The molecule has 3 aromatic carbocycles. The summed E-state index contributed by atoms with van der Waals surface area (Å²) in [5, 5.41) is 11.1. The molecule has 0 bridgehead atoms. The fourth-order valence-electron chi connectivity index (χ4n) is 3.01. The van der Waals surface area contributed by atoms with Crippen molar-refractivity contribution in [3.05, 3.63) is 106 Å². The topological polar surface area (TPSA) is 75.6 Å². The lowest BCUT2D eigenvalue weighted by Crippen LogP contribution is -2.17. The van der Waals surface area contributed by atoms with E-state index in [2.05, 4.69) is 27.4 Å². The molecular weight excluding hydrogens is 503 g/mol. The Bertz CT molecular complexity index is 1350. The Labute approximate surface area is 216 Å². The van der Waals surface area contributed by atoms with Crippen LogP contribution >= 0.6 is 34.5 Å². The lowest BCUT2D eigenvalue weighted by Gasteiger charge is -2.06. The number of carbonyl (C=O) groups excluding carboxylic acids is 1. The maximum Gasteiger partial charge on any atom is 0.271 e. The number of halogens is 2. The monoisotopic (exact) mass is 522 g/mol. The quantitative estimate of drug-likeness (QED) is 0.138. The number of aromatic nitrogens is 1. The Hall–Kier alpha value is -3.65. The third-order valence-corrected chi connectivity index (χ3v) is 6.04. The van der Waals surface area contributed by atoms with Crippen molar-refractivity contribution in [3.8, 4) is 17.0 Å². The van der Waals surface area contributed by atoms with Gasteiger partial charge in [0.15, 0.2) is 5.13 Å². The number of thiazole rings is 1. The molecule has 1 aromatic heterocycles. The van der Waals surface area contributed by atoms with E-state index >= 15 is 0 Å². The first-order chi connectivity index (χ1) is 17.0. The number of carbonyl (C=O) groups is 1. The van der Waals surface area contributed by atoms with Crippen molar-refractivity contribution in [2.24, 2.45) is 5.10 Å². The van der Waals surface area contributed by atoms with Gasteiger partial charge in [0, 0.05) is 27.2 Å². The molecule has 0 aliphatic rings. The molecule has 9 heteroatoms. The summed E-state index contributed by atoms with van der Waals surface area (Å²) in [6.45, 7) is 3.97. The summed E-state index contributed by atoms with van der Waals surface area (Å²) in [4.78, 5) is 17.1. The van der Waals surface area contributed by atoms with E-state index in [0.717, 1.165) is 27.6 Å². The second kappa shape index (κ2) is 11.7. The van der Waals surface area contributed by atoms with E-state index in [-0.39, 0.29) is 5.91 Å². The van der Waals surface area contributed by atoms with Gasteiger partial charge in [-0.25, -0.2) is 10.4 Å². The number of nitrogens with zero attached hydrogens (tertiary/aromatic N) is 2. The molecule has 2 N–H and O–H groups in total. The average molecular weight is 523 g/mol. The van der Waals surface area contributed by atoms with Gasteiger partial charge in [0.25, 0.3) is 5.91 Å². The molecule has 0 atom stereocenters. The van der Waals surface area contributed by atoms with Gasteiger partial charge in [0.2, 0.25) is 0 Å². The van der Waals surface area contributed by atoms with Gasteiger partial charge in [-0.1, -0.05) is 48.0 Å². The SMILES string of the molecule is C=CCOc1ccc(/C=N\NC(=O)c2ccc(-c3csc(Nc4ccc(Cl)cc4)n3)cc2)cc1Cl. The first-order valence-corrected chi connectivity index (χ1v) is 12.1. The summed E-state index contributed by atoms with van der Waals surface area (Å²) < 4.78 is 5.44. The van der Waals surface area contributed by atoms with Crippen LogP contribution < -0.4 is 15.5 Å². The van der Waals surface area contributed by atoms with Crippen LogP contribution in [0.1, 0.15) is 15.9 Å². The third kappa shape index (κ3) is 6.70. The molecule has 1 heterocycles. The van der Waals surface area contributed by atoms with Crippen LogP contribution in [0.2, 0.25) is 10.0 Å². The van der Waals surface area contributed by atoms with Crippen LogP contribution in [0.5, 0.6) is 5.75 Å². The van der Waals surface area contributed by atoms with Crippen molar-refractivity contribution < 1.29 is 9.53 Å². The van der Waals surface area contributed by atoms with E-state index in [9.17, 15) is 4.79 Å². The summed E-state index contributed by atoms with van der Waals surface area (Å²) in [5.74, 6) is 0.231. The minimum absolute atomic E-state index is 0.326. The summed E-state index contributed by atoms with van der Waals surface area (Å²) in [6.07, 6.45) is 3.15. The number of nitrogens with one attached hydrogen (secondary N) is 2. The lowest BCUT2D eigenvalue weighted by atomic mass is 10.1. The molecule has 176 valence electrons. The van der Waals surface area contributed by atoms with Crippen molar-refractivity contribution in [2.75, 3.05) is 11.9 Å². The van der Waals surface area contributed by atoms with Gasteiger partial charge < -0.3 is 10.1 Å². The summed E-state index contributed by atoms with van der Waals surface area (Å²) in [7, 11) is 0. The zero-order valence-corrected chi connectivity index (χ0v) is 20.7. The Balaban J connectivity index is 1.34. The second-order valence-corrected chi connectivity index (χ2v) is 8.94. The van der Waals surface area contributed by atoms with Gasteiger partial charge in [0.05, 0.1) is 16.9 Å². The van der Waals surface area contributed by atoms with Crippen molar-refractivity contribution in [1.29, 1.82) is 0 Å². The fourth-order valence-corrected chi connectivity index (χ4v) is 4.12. The average Bonchev–Trinajstić information content (AvgIpc) is 3.33. The minimum Gasteiger partial charge on any atom is -0.488 e. The van der Waals surface area contributed by atoms with Crippen LogP contribution in [0.3, 0.4) is 0 Å². The molecule has 1 amide bonds. The number of anilines is 2. The van der Waals surface area contributed by atoms with E-state index in [4.69, 9.17) is 27.9 Å². The van der Waals surface area contributed by atoms with Crippen LogP contribution in [0.15, 0.2) is 89.9 Å². The van der Waals surface area contributed by atoms with Crippen LogP contribution in [-0.2, 0) is 0 Å². The number of benzene rings is 3. The molecule has 35 heavy (non-hydrogen) atoms. The maximum absolute atomic E-state index is 12.4. The standard InChI is InChI=1S/C26H20Cl2N4O2S/c1-2-13-34-24-12-3-17(14-22(24)28)15-29-32-25(33)19-6-4-18(5-7-19)23-16-35-26(31-23)30-21-10-8-20(27)9-11-21/h2-12,14-16H,1,13H2,(H,30,31)(H,32,33)/b29-15-. The van der Waals surface area contributed by atoms with Gasteiger partial charge in [0.1, 0.15) is 12.4 Å². The number of rotatable bonds is 9. The highest BCUT2D eigenvalue weighted by Gasteiger charge is 2.08. The van der Waals surface area contributed by atoms with E-state index < -0.39 is 0 Å². The summed E-state index contributed by atoms with van der Waals surface area (Å²) >= 11 is 13.6. The molecule has 0 aliphatic heterocycles. The van der Waals surface area contributed by atoms with Crippen LogP contribution in [0.4, 0.5) is 10.8 Å². The first-order valence-electron chi connectivity index (χ1n) is 10.5. The van der Waals surface area contributed by atoms with Crippen molar-refractivity contribution >= 4 is 57.5 Å². The summed E-state index contributed by atoms with van der Waals surface area (Å²) in [6, 6.07) is 19.8. The molecule has 0 aliphatic carbocycles. The van der Waals surface area contributed by atoms with Crippen molar-refractivity contribution in [2.45, 2.75) is 0 Å². The van der Waals surface area contributed by atoms with Gasteiger partial charge in [-0.2, -0.15) is 5.10 Å². The number of amides is 1. The molecule has 0 saturated heterocycles. The van der Waals surface area contributed by atoms with Crippen LogP contribution in [-0.4, -0.2) is 23.7 Å². The van der Waals surface area contributed by atoms with Crippen LogP contribution in [0.25, 0.3) is 11.3 Å².